The van der Waals surface area contributed by atoms with Crippen LogP contribution < -0.4 is 5.32 Å². The summed E-state index contributed by atoms with van der Waals surface area (Å²) in [5.74, 6) is 2.91. The van der Waals surface area contributed by atoms with Crippen molar-refractivity contribution in [2.24, 2.45) is 17.8 Å². The Morgan fingerprint density at radius 3 is 2.50 bits per heavy atom. The largest absolute Gasteiger partial charge is 0.314 e. The lowest BCUT2D eigenvalue weighted by Crippen LogP contribution is -2.44. The Bertz CT molecular complexity index is 172. The van der Waals surface area contributed by atoms with Gasteiger partial charge in [-0.25, -0.2) is 0 Å². The Kier molecular flexibility index (Phi) is 3.48. The number of nitrogens with one attached hydrogen (secondary N) is 1. The van der Waals surface area contributed by atoms with Crippen LogP contribution in [0.15, 0.2) is 0 Å². The molecule has 1 aliphatic carbocycles. The van der Waals surface area contributed by atoms with Crippen molar-refractivity contribution in [1.82, 2.24) is 5.32 Å². The second kappa shape index (κ2) is 4.65. The molecule has 2 fully saturated rings. The molecule has 1 N–H and O–H groups in total. The van der Waals surface area contributed by atoms with Crippen LogP contribution in [-0.2, 0) is 0 Å². The highest BCUT2D eigenvalue weighted by molar-refractivity contribution is 4.86. The minimum Gasteiger partial charge on any atom is -0.314 e. The number of hydrogen-bond donors (Lipinski definition) is 1. The lowest BCUT2D eigenvalue weighted by atomic mass is 9.71. The van der Waals surface area contributed by atoms with Crippen molar-refractivity contribution >= 4 is 0 Å². The molecule has 0 aromatic heterocycles. The topological polar surface area (TPSA) is 12.0 Å². The minimum atomic E-state index is 0.853. The lowest BCUT2D eigenvalue weighted by molar-refractivity contribution is 0.143. The van der Waals surface area contributed by atoms with Crippen LogP contribution in [-0.4, -0.2) is 12.6 Å². The van der Waals surface area contributed by atoms with Gasteiger partial charge >= 0.3 is 0 Å². The summed E-state index contributed by atoms with van der Waals surface area (Å²) in [6.45, 7) is 6.15. The molecule has 1 aliphatic heterocycles. The Balaban J connectivity index is 1.89. The number of rotatable bonds is 1. The second-order valence-electron chi connectivity index (χ2n) is 5.62. The van der Waals surface area contributed by atoms with E-state index in [9.17, 15) is 0 Å². The maximum Gasteiger partial charge on any atom is 0.00978 e. The fourth-order valence-electron chi connectivity index (χ4n) is 3.53. The molecule has 2 aliphatic rings. The molecular weight excluding hydrogens is 170 g/mol. The fourth-order valence-corrected chi connectivity index (χ4v) is 3.53. The van der Waals surface area contributed by atoms with E-state index < -0.39 is 0 Å². The van der Waals surface area contributed by atoms with Crippen molar-refractivity contribution in [3.8, 4) is 0 Å². The van der Waals surface area contributed by atoms with E-state index in [1.54, 1.807) is 0 Å². The molecule has 1 saturated carbocycles. The Morgan fingerprint density at radius 2 is 1.86 bits per heavy atom. The molecule has 1 heteroatoms. The summed E-state index contributed by atoms with van der Waals surface area (Å²) < 4.78 is 0. The summed E-state index contributed by atoms with van der Waals surface area (Å²) >= 11 is 0. The Morgan fingerprint density at radius 1 is 1.00 bits per heavy atom. The summed E-state index contributed by atoms with van der Waals surface area (Å²) in [5.41, 5.74) is 0. The molecule has 82 valence electrons. The van der Waals surface area contributed by atoms with Gasteiger partial charge < -0.3 is 5.32 Å². The van der Waals surface area contributed by atoms with E-state index in [4.69, 9.17) is 0 Å². The van der Waals surface area contributed by atoms with Crippen LogP contribution in [0.4, 0.5) is 0 Å². The van der Waals surface area contributed by atoms with E-state index in [1.807, 2.05) is 0 Å². The van der Waals surface area contributed by atoms with Gasteiger partial charge in [0.1, 0.15) is 0 Å². The highest BCUT2D eigenvalue weighted by Crippen LogP contribution is 2.37. The zero-order valence-electron chi connectivity index (χ0n) is 9.76. The molecule has 0 bridgehead atoms. The van der Waals surface area contributed by atoms with E-state index in [2.05, 4.69) is 19.2 Å². The highest BCUT2D eigenvalue weighted by Gasteiger charge is 2.31. The number of piperidine rings is 1. The summed E-state index contributed by atoms with van der Waals surface area (Å²) in [6.07, 6.45) is 8.68. The first-order valence-corrected chi connectivity index (χ1v) is 6.50. The van der Waals surface area contributed by atoms with E-state index >= 15 is 0 Å². The van der Waals surface area contributed by atoms with Gasteiger partial charge in [0.2, 0.25) is 0 Å². The van der Waals surface area contributed by atoms with Gasteiger partial charge in [-0.15, -0.1) is 0 Å². The third-order valence-corrected chi connectivity index (χ3v) is 4.36. The van der Waals surface area contributed by atoms with Crippen LogP contribution in [0.5, 0.6) is 0 Å². The molecule has 0 radical (unpaired) electrons. The van der Waals surface area contributed by atoms with Gasteiger partial charge in [0, 0.05) is 6.04 Å². The molecule has 0 amide bonds. The van der Waals surface area contributed by atoms with Gasteiger partial charge in [-0.2, -0.15) is 0 Å². The van der Waals surface area contributed by atoms with Crippen LogP contribution in [0.3, 0.4) is 0 Å². The predicted molar refractivity (Wildman–Crippen MR) is 61.3 cm³/mol. The molecular formula is C13H25N. The maximum atomic E-state index is 3.73. The van der Waals surface area contributed by atoms with E-state index in [0.29, 0.717) is 0 Å². The quantitative estimate of drug-likeness (QED) is 0.677. The minimum absolute atomic E-state index is 0.853. The Labute approximate surface area is 88.7 Å². The maximum absolute atomic E-state index is 3.73. The molecule has 4 atom stereocenters. The first-order chi connectivity index (χ1) is 6.77. The van der Waals surface area contributed by atoms with Gasteiger partial charge in [0.05, 0.1) is 0 Å². The molecule has 1 heterocycles. The van der Waals surface area contributed by atoms with Crippen molar-refractivity contribution in [2.75, 3.05) is 6.54 Å². The van der Waals surface area contributed by atoms with Crippen LogP contribution in [0, 0.1) is 17.8 Å². The Hall–Kier alpha value is -0.0400. The lowest BCUT2D eigenvalue weighted by Gasteiger charge is -2.40. The predicted octanol–water partition coefficient (Wildman–Crippen LogP) is 3.20. The van der Waals surface area contributed by atoms with Gasteiger partial charge in [0.15, 0.2) is 0 Å². The summed E-state index contributed by atoms with van der Waals surface area (Å²) in [4.78, 5) is 0. The van der Waals surface area contributed by atoms with E-state index in [1.165, 1.54) is 45.1 Å². The molecule has 0 spiro atoms. The van der Waals surface area contributed by atoms with Crippen molar-refractivity contribution in [1.29, 1.82) is 0 Å². The second-order valence-corrected chi connectivity index (χ2v) is 5.62. The monoisotopic (exact) mass is 195 g/mol. The van der Waals surface area contributed by atoms with Gasteiger partial charge in [-0.1, -0.05) is 26.7 Å². The normalized spacial score (nSPS) is 45.0. The van der Waals surface area contributed by atoms with Crippen LogP contribution in [0.25, 0.3) is 0 Å². The molecule has 1 saturated heterocycles. The van der Waals surface area contributed by atoms with E-state index in [0.717, 1.165) is 23.8 Å². The summed E-state index contributed by atoms with van der Waals surface area (Å²) in [6, 6.07) is 0.853. The van der Waals surface area contributed by atoms with Crippen molar-refractivity contribution in [3.05, 3.63) is 0 Å². The smallest absolute Gasteiger partial charge is 0.00978 e. The van der Waals surface area contributed by atoms with Crippen LogP contribution >= 0.6 is 0 Å². The van der Waals surface area contributed by atoms with Crippen LogP contribution in [0.2, 0.25) is 0 Å². The van der Waals surface area contributed by atoms with E-state index in [-0.39, 0.29) is 0 Å². The summed E-state index contributed by atoms with van der Waals surface area (Å²) in [7, 11) is 0. The van der Waals surface area contributed by atoms with Crippen molar-refractivity contribution in [2.45, 2.75) is 58.4 Å². The molecule has 0 aromatic carbocycles. The molecule has 1 nitrogen and oxygen atoms in total. The molecule has 4 unspecified atom stereocenters. The first-order valence-electron chi connectivity index (χ1n) is 6.50. The molecule has 0 aromatic rings. The highest BCUT2D eigenvalue weighted by atomic mass is 14.9. The first kappa shape index (κ1) is 10.5. The van der Waals surface area contributed by atoms with Gasteiger partial charge in [-0.05, 0) is 50.0 Å². The third-order valence-electron chi connectivity index (χ3n) is 4.36. The zero-order valence-corrected chi connectivity index (χ0v) is 9.76. The van der Waals surface area contributed by atoms with Crippen molar-refractivity contribution in [3.63, 3.8) is 0 Å². The average molecular weight is 195 g/mol. The van der Waals surface area contributed by atoms with Crippen LogP contribution in [0.1, 0.15) is 52.4 Å². The molecule has 14 heavy (non-hydrogen) atoms. The SMILES string of the molecule is CC1CCC(C2CCCCN2)C(C)C1. The number of hydrogen-bond acceptors (Lipinski definition) is 1. The average Bonchev–Trinajstić information content (AvgIpc) is 2.19. The fraction of sp³-hybridized carbons (Fsp3) is 1.00. The van der Waals surface area contributed by atoms with Gasteiger partial charge in [-0.3, -0.25) is 0 Å². The molecule has 2 rings (SSSR count). The standard InChI is InChI=1S/C13H25N/c1-10-6-7-12(11(2)9-10)13-5-3-4-8-14-13/h10-14H,3-9H2,1-2H3. The van der Waals surface area contributed by atoms with Gasteiger partial charge in [0.25, 0.3) is 0 Å². The third kappa shape index (κ3) is 2.31. The summed E-state index contributed by atoms with van der Waals surface area (Å²) in [5, 5.41) is 3.73. The zero-order chi connectivity index (χ0) is 9.97. The van der Waals surface area contributed by atoms with Crippen molar-refractivity contribution < 1.29 is 0 Å².